The maximum absolute atomic E-state index is 13.3. The van der Waals surface area contributed by atoms with Gasteiger partial charge in [0.2, 0.25) is 5.91 Å². The van der Waals surface area contributed by atoms with Gasteiger partial charge in [0.1, 0.15) is 5.82 Å². The highest BCUT2D eigenvalue weighted by atomic mass is 35.5. The van der Waals surface area contributed by atoms with E-state index in [1.807, 2.05) is 44.2 Å². The topological polar surface area (TPSA) is 32.3 Å². The van der Waals surface area contributed by atoms with Gasteiger partial charge in [-0.1, -0.05) is 35.9 Å². The summed E-state index contributed by atoms with van der Waals surface area (Å²) in [6, 6.07) is 13.9. The third kappa shape index (κ3) is 5.32. The normalized spacial score (nSPS) is 12.0. The number of rotatable bonds is 7. The Hall–Kier alpha value is -1.91. The second-order valence-corrected chi connectivity index (χ2v) is 6.13. The molecule has 2 aromatic carbocycles. The molecule has 0 saturated carbocycles. The van der Waals surface area contributed by atoms with Gasteiger partial charge >= 0.3 is 0 Å². The molecule has 0 fully saturated rings. The molecule has 0 aliphatic rings. The molecule has 1 N–H and O–H groups in total. The van der Waals surface area contributed by atoms with E-state index in [-0.39, 0.29) is 24.3 Å². The Morgan fingerprint density at radius 2 is 2.00 bits per heavy atom. The van der Waals surface area contributed by atoms with Crippen molar-refractivity contribution >= 4 is 17.5 Å². The smallest absolute Gasteiger partial charge is 0.236 e. The lowest BCUT2D eigenvalue weighted by atomic mass is 10.1. The van der Waals surface area contributed by atoms with Gasteiger partial charge in [0, 0.05) is 24.2 Å². The van der Waals surface area contributed by atoms with Crippen LogP contribution < -0.4 is 5.32 Å². The molecule has 0 radical (unpaired) electrons. The number of benzene rings is 2. The van der Waals surface area contributed by atoms with E-state index in [1.165, 1.54) is 12.1 Å². The van der Waals surface area contributed by atoms with E-state index < -0.39 is 0 Å². The Bertz CT molecular complexity index is 693. The van der Waals surface area contributed by atoms with Crippen molar-refractivity contribution in [3.8, 4) is 0 Å². The number of carbonyl (C=O) groups excluding carboxylic acids is 1. The Balaban J connectivity index is 1.92. The summed E-state index contributed by atoms with van der Waals surface area (Å²) >= 11 is 5.99. The van der Waals surface area contributed by atoms with E-state index in [4.69, 9.17) is 11.6 Å². The molecule has 2 rings (SSSR count). The van der Waals surface area contributed by atoms with Crippen LogP contribution in [0.25, 0.3) is 0 Å². The lowest BCUT2D eigenvalue weighted by Gasteiger charge is -2.23. The van der Waals surface area contributed by atoms with Gasteiger partial charge in [-0.2, -0.15) is 0 Å². The predicted molar refractivity (Wildman–Crippen MR) is 95.4 cm³/mol. The average molecular weight is 349 g/mol. The zero-order valence-electron chi connectivity index (χ0n) is 13.9. The summed E-state index contributed by atoms with van der Waals surface area (Å²) in [5.74, 6) is -0.306. The summed E-state index contributed by atoms with van der Waals surface area (Å²) in [4.78, 5) is 14.1. The fourth-order valence-electron chi connectivity index (χ4n) is 2.48. The zero-order chi connectivity index (χ0) is 17.5. The molecular weight excluding hydrogens is 327 g/mol. The van der Waals surface area contributed by atoms with Crippen LogP contribution in [-0.4, -0.2) is 23.9 Å². The van der Waals surface area contributed by atoms with Crippen molar-refractivity contribution in [2.24, 2.45) is 0 Å². The van der Waals surface area contributed by atoms with Crippen LogP contribution in [0.3, 0.4) is 0 Å². The summed E-state index contributed by atoms with van der Waals surface area (Å²) in [6.45, 7) is 5.10. The first-order valence-electron chi connectivity index (χ1n) is 8.00. The molecule has 2 aromatic rings. The molecule has 1 atom stereocenters. The van der Waals surface area contributed by atoms with Crippen LogP contribution in [0.1, 0.15) is 31.0 Å². The summed E-state index contributed by atoms with van der Waals surface area (Å²) in [5, 5.41) is 3.89. The van der Waals surface area contributed by atoms with E-state index in [0.717, 1.165) is 11.1 Å². The van der Waals surface area contributed by atoms with Crippen molar-refractivity contribution in [1.29, 1.82) is 0 Å². The largest absolute Gasteiger partial charge is 0.338 e. The van der Waals surface area contributed by atoms with Crippen molar-refractivity contribution < 1.29 is 9.18 Å². The molecule has 0 aromatic heterocycles. The minimum Gasteiger partial charge on any atom is -0.338 e. The number of likely N-dealkylation sites (N-methyl/N-ethyl adjacent to an activating group) is 1. The minimum atomic E-state index is -0.288. The average Bonchev–Trinajstić information content (AvgIpc) is 2.57. The summed E-state index contributed by atoms with van der Waals surface area (Å²) in [6.07, 6.45) is 0. The molecule has 0 bridgehead atoms. The van der Waals surface area contributed by atoms with Crippen LogP contribution in [0.5, 0.6) is 0 Å². The Kier molecular flexibility index (Phi) is 6.76. The lowest BCUT2D eigenvalue weighted by molar-refractivity contribution is -0.130. The van der Waals surface area contributed by atoms with E-state index in [0.29, 0.717) is 18.1 Å². The first-order chi connectivity index (χ1) is 11.5. The molecule has 5 heteroatoms. The second kappa shape index (κ2) is 8.81. The van der Waals surface area contributed by atoms with Gasteiger partial charge in [0.05, 0.1) is 6.54 Å². The fraction of sp³-hybridized carbons (Fsp3) is 0.316. The van der Waals surface area contributed by atoms with Gasteiger partial charge in [-0.15, -0.1) is 0 Å². The number of nitrogens with one attached hydrogen (secondary N) is 1. The van der Waals surface area contributed by atoms with Crippen molar-refractivity contribution in [1.82, 2.24) is 10.2 Å². The lowest BCUT2D eigenvalue weighted by Crippen LogP contribution is -2.38. The van der Waals surface area contributed by atoms with Crippen molar-refractivity contribution in [2.45, 2.75) is 26.4 Å². The van der Waals surface area contributed by atoms with E-state index in [2.05, 4.69) is 5.32 Å². The van der Waals surface area contributed by atoms with E-state index >= 15 is 0 Å². The molecule has 0 saturated heterocycles. The first-order valence-corrected chi connectivity index (χ1v) is 8.38. The Labute approximate surface area is 147 Å². The number of amides is 1. The Morgan fingerprint density at radius 3 is 2.67 bits per heavy atom. The third-order valence-electron chi connectivity index (χ3n) is 3.91. The first kappa shape index (κ1) is 18.4. The van der Waals surface area contributed by atoms with Crippen molar-refractivity contribution in [3.05, 3.63) is 70.5 Å². The number of hydrogen-bond acceptors (Lipinski definition) is 2. The highest BCUT2D eigenvalue weighted by molar-refractivity contribution is 6.30. The van der Waals surface area contributed by atoms with Crippen LogP contribution >= 0.6 is 11.6 Å². The van der Waals surface area contributed by atoms with Gasteiger partial charge in [0.15, 0.2) is 0 Å². The van der Waals surface area contributed by atoms with Gasteiger partial charge in [-0.25, -0.2) is 4.39 Å². The fourth-order valence-corrected chi connectivity index (χ4v) is 2.68. The quantitative estimate of drug-likeness (QED) is 0.814. The van der Waals surface area contributed by atoms with Crippen molar-refractivity contribution in [2.75, 3.05) is 13.1 Å². The maximum Gasteiger partial charge on any atom is 0.236 e. The molecule has 0 spiro atoms. The summed E-state index contributed by atoms with van der Waals surface area (Å²) < 4.78 is 13.3. The molecule has 3 nitrogen and oxygen atoms in total. The second-order valence-electron chi connectivity index (χ2n) is 5.70. The molecule has 0 heterocycles. The van der Waals surface area contributed by atoms with Crippen LogP contribution in [-0.2, 0) is 11.3 Å². The summed E-state index contributed by atoms with van der Waals surface area (Å²) in [5.41, 5.74) is 1.82. The Morgan fingerprint density at radius 1 is 1.25 bits per heavy atom. The highest BCUT2D eigenvalue weighted by Crippen LogP contribution is 2.17. The predicted octanol–water partition coefficient (Wildman–Crippen LogP) is 4.18. The van der Waals surface area contributed by atoms with Crippen LogP contribution in [0.4, 0.5) is 4.39 Å². The standard InChI is InChI=1S/C19H22ClFN2O/c1-3-23(13-15-6-4-9-18(21)10-15)19(24)12-22-14(2)16-7-5-8-17(20)11-16/h4-11,14,22H,3,12-13H2,1-2H3. The molecule has 0 aliphatic heterocycles. The van der Waals surface area contributed by atoms with E-state index in [9.17, 15) is 9.18 Å². The highest BCUT2D eigenvalue weighted by Gasteiger charge is 2.14. The molecule has 1 amide bonds. The SMILES string of the molecule is CCN(Cc1cccc(F)c1)C(=O)CNC(C)c1cccc(Cl)c1. The van der Waals surface area contributed by atoms with Gasteiger partial charge in [-0.05, 0) is 49.2 Å². The van der Waals surface area contributed by atoms with Gasteiger partial charge < -0.3 is 10.2 Å². The third-order valence-corrected chi connectivity index (χ3v) is 4.14. The molecular formula is C19H22ClFN2O. The van der Waals surface area contributed by atoms with Crippen molar-refractivity contribution in [3.63, 3.8) is 0 Å². The number of nitrogens with zero attached hydrogens (tertiary/aromatic N) is 1. The number of halogens is 2. The number of hydrogen-bond donors (Lipinski definition) is 1. The van der Waals surface area contributed by atoms with Gasteiger partial charge in [0.25, 0.3) is 0 Å². The molecule has 1 unspecified atom stereocenters. The van der Waals surface area contributed by atoms with Crippen LogP contribution in [0, 0.1) is 5.82 Å². The zero-order valence-corrected chi connectivity index (χ0v) is 14.7. The number of carbonyl (C=O) groups is 1. The van der Waals surface area contributed by atoms with Gasteiger partial charge in [-0.3, -0.25) is 4.79 Å². The molecule has 0 aliphatic carbocycles. The van der Waals surface area contributed by atoms with E-state index in [1.54, 1.807) is 11.0 Å². The monoisotopic (exact) mass is 348 g/mol. The molecule has 128 valence electrons. The molecule has 24 heavy (non-hydrogen) atoms. The maximum atomic E-state index is 13.3. The summed E-state index contributed by atoms with van der Waals surface area (Å²) in [7, 11) is 0. The van der Waals surface area contributed by atoms with Crippen LogP contribution in [0.15, 0.2) is 48.5 Å². The van der Waals surface area contributed by atoms with Crippen LogP contribution in [0.2, 0.25) is 5.02 Å². The minimum absolute atomic E-state index is 0.0144.